The Labute approximate surface area is 170 Å². The molecule has 1 fully saturated rings. The smallest absolute Gasteiger partial charge is 0.246 e. The minimum Gasteiger partial charge on any atom is -0.494 e. The number of hydrogen-bond acceptors (Lipinski definition) is 4. The predicted octanol–water partition coefficient (Wildman–Crippen LogP) is 4.13. The summed E-state index contributed by atoms with van der Waals surface area (Å²) >= 11 is 12.1. The number of hydrogen-bond donors (Lipinski definition) is 0. The molecule has 1 aliphatic heterocycles. The van der Waals surface area contributed by atoms with Crippen LogP contribution in [0.25, 0.3) is 0 Å². The average molecular weight is 429 g/mol. The van der Waals surface area contributed by atoms with E-state index in [2.05, 4.69) is 30.9 Å². The largest absolute Gasteiger partial charge is 0.494 e. The summed E-state index contributed by atoms with van der Waals surface area (Å²) in [6, 6.07) is 9.11. The van der Waals surface area contributed by atoms with E-state index in [1.54, 1.807) is 0 Å². The third-order valence-corrected chi connectivity index (χ3v) is 7.54. The van der Waals surface area contributed by atoms with Gasteiger partial charge in [0.05, 0.1) is 12.1 Å². The zero-order valence-electron chi connectivity index (χ0n) is 15.5. The molecule has 146 valence electrons. The first-order chi connectivity index (χ1) is 12.8. The first-order valence-corrected chi connectivity index (χ1v) is 10.8. The second kappa shape index (κ2) is 7.87. The molecule has 2 aromatic rings. The summed E-state index contributed by atoms with van der Waals surface area (Å²) in [5.74, 6) is 0.0846. The summed E-state index contributed by atoms with van der Waals surface area (Å²) in [7, 11) is -2.35. The molecule has 0 unspecified atom stereocenters. The quantitative estimate of drug-likeness (QED) is 0.734. The lowest BCUT2D eigenvalue weighted by atomic mass is 10.1. The van der Waals surface area contributed by atoms with Crippen molar-refractivity contribution in [2.45, 2.75) is 18.7 Å². The summed E-state index contributed by atoms with van der Waals surface area (Å²) in [6.07, 6.45) is 0. The summed E-state index contributed by atoms with van der Waals surface area (Å²) in [5.41, 5.74) is 3.57. The van der Waals surface area contributed by atoms with Crippen molar-refractivity contribution in [1.29, 1.82) is 0 Å². The first-order valence-electron chi connectivity index (χ1n) is 8.60. The van der Waals surface area contributed by atoms with E-state index in [9.17, 15) is 8.42 Å². The molecule has 0 N–H and O–H groups in total. The van der Waals surface area contributed by atoms with Gasteiger partial charge in [0, 0.05) is 31.9 Å². The lowest BCUT2D eigenvalue weighted by Gasteiger charge is -2.37. The number of para-hydroxylation sites is 1. The number of ether oxygens (including phenoxy) is 1. The molecule has 0 amide bonds. The number of methoxy groups -OCH3 is 1. The third kappa shape index (κ3) is 3.76. The maximum atomic E-state index is 13.1. The van der Waals surface area contributed by atoms with Crippen LogP contribution in [0.5, 0.6) is 5.75 Å². The molecule has 0 aliphatic carbocycles. The highest BCUT2D eigenvalue weighted by atomic mass is 35.5. The van der Waals surface area contributed by atoms with Gasteiger partial charge >= 0.3 is 0 Å². The van der Waals surface area contributed by atoms with Gasteiger partial charge in [0.2, 0.25) is 10.0 Å². The van der Waals surface area contributed by atoms with Gasteiger partial charge in [-0.1, -0.05) is 41.4 Å². The molecular weight excluding hydrogens is 407 g/mol. The van der Waals surface area contributed by atoms with Crippen LogP contribution in [-0.2, 0) is 10.0 Å². The molecule has 8 heteroatoms. The Morgan fingerprint density at radius 3 is 2.11 bits per heavy atom. The second-order valence-electron chi connectivity index (χ2n) is 6.52. The van der Waals surface area contributed by atoms with Crippen LogP contribution in [0.2, 0.25) is 10.0 Å². The highest BCUT2D eigenvalue weighted by Gasteiger charge is 2.32. The molecule has 1 aliphatic rings. The number of benzene rings is 2. The Morgan fingerprint density at radius 2 is 1.56 bits per heavy atom. The summed E-state index contributed by atoms with van der Waals surface area (Å²) in [5, 5.41) is 0.363. The van der Waals surface area contributed by atoms with Crippen LogP contribution in [0.15, 0.2) is 35.2 Å². The Kier molecular flexibility index (Phi) is 5.91. The fourth-order valence-electron chi connectivity index (χ4n) is 3.50. The van der Waals surface area contributed by atoms with E-state index in [0.717, 1.165) is 0 Å². The highest BCUT2D eigenvalue weighted by molar-refractivity contribution is 7.89. The molecule has 0 aromatic heterocycles. The van der Waals surface area contributed by atoms with E-state index in [0.29, 0.717) is 26.2 Å². The van der Waals surface area contributed by atoms with Gasteiger partial charge in [-0.15, -0.1) is 0 Å². The minimum atomic E-state index is -3.73. The summed E-state index contributed by atoms with van der Waals surface area (Å²) in [6.45, 7) is 6.17. The molecule has 1 heterocycles. The van der Waals surface area contributed by atoms with Crippen molar-refractivity contribution in [3.63, 3.8) is 0 Å². The topological polar surface area (TPSA) is 49.9 Å². The fourth-order valence-corrected chi connectivity index (χ4v) is 5.53. The van der Waals surface area contributed by atoms with Crippen molar-refractivity contribution in [2.24, 2.45) is 0 Å². The average Bonchev–Trinajstić information content (AvgIpc) is 2.64. The van der Waals surface area contributed by atoms with Crippen molar-refractivity contribution in [1.82, 2.24) is 4.31 Å². The SMILES string of the molecule is COc1c(S(=O)(=O)N2CCN(c3c(C)cccc3C)CC2)ccc(Cl)c1Cl. The van der Waals surface area contributed by atoms with Gasteiger partial charge in [0.25, 0.3) is 0 Å². The lowest BCUT2D eigenvalue weighted by Crippen LogP contribution is -2.49. The van der Waals surface area contributed by atoms with Gasteiger partial charge in [0.1, 0.15) is 9.92 Å². The molecule has 3 rings (SSSR count). The van der Waals surface area contributed by atoms with Crippen LogP contribution < -0.4 is 9.64 Å². The Bertz CT molecular complexity index is 935. The van der Waals surface area contributed by atoms with E-state index in [1.807, 2.05) is 6.07 Å². The normalized spacial score (nSPS) is 15.8. The van der Waals surface area contributed by atoms with Crippen molar-refractivity contribution in [3.05, 3.63) is 51.5 Å². The van der Waals surface area contributed by atoms with Crippen LogP contribution in [0.3, 0.4) is 0 Å². The molecule has 0 saturated carbocycles. The molecule has 5 nitrogen and oxygen atoms in total. The van der Waals surface area contributed by atoms with E-state index in [4.69, 9.17) is 27.9 Å². The molecule has 0 radical (unpaired) electrons. The van der Waals surface area contributed by atoms with Gasteiger partial charge in [-0.2, -0.15) is 4.31 Å². The zero-order chi connectivity index (χ0) is 19.8. The van der Waals surface area contributed by atoms with Crippen LogP contribution in [0.4, 0.5) is 5.69 Å². The maximum absolute atomic E-state index is 13.1. The van der Waals surface area contributed by atoms with Gasteiger partial charge in [-0.25, -0.2) is 8.42 Å². The molecule has 1 saturated heterocycles. The van der Waals surface area contributed by atoms with Crippen LogP contribution in [0.1, 0.15) is 11.1 Å². The van der Waals surface area contributed by atoms with Gasteiger partial charge in [0.15, 0.2) is 5.75 Å². The third-order valence-electron chi connectivity index (χ3n) is 4.83. The number of rotatable bonds is 4. The number of halogens is 2. The molecule has 0 spiro atoms. The molecule has 0 atom stereocenters. The highest BCUT2D eigenvalue weighted by Crippen LogP contribution is 2.38. The fraction of sp³-hybridized carbons (Fsp3) is 0.368. The standard InChI is InChI=1S/C19H22Cl2N2O3S/c1-13-5-4-6-14(2)18(13)22-9-11-23(12-10-22)27(24,25)16-8-7-15(20)17(21)19(16)26-3/h4-8H,9-12H2,1-3H3. The van der Waals surface area contributed by atoms with Gasteiger partial charge < -0.3 is 9.64 Å². The number of nitrogens with zero attached hydrogens (tertiary/aromatic N) is 2. The zero-order valence-corrected chi connectivity index (χ0v) is 17.8. The molecule has 2 aromatic carbocycles. The van der Waals surface area contributed by atoms with Crippen molar-refractivity contribution >= 4 is 38.9 Å². The van der Waals surface area contributed by atoms with Crippen LogP contribution in [-0.4, -0.2) is 46.0 Å². The van der Waals surface area contributed by atoms with E-state index < -0.39 is 10.0 Å². The number of aryl methyl sites for hydroxylation is 2. The number of sulfonamides is 1. The second-order valence-corrected chi connectivity index (χ2v) is 9.22. The predicted molar refractivity (Wildman–Crippen MR) is 110 cm³/mol. The van der Waals surface area contributed by atoms with Gasteiger partial charge in [-0.05, 0) is 37.1 Å². The number of anilines is 1. The molecular formula is C19H22Cl2N2O3S. The summed E-state index contributed by atoms with van der Waals surface area (Å²) < 4.78 is 33.0. The Hall–Kier alpha value is -1.47. The Morgan fingerprint density at radius 1 is 0.963 bits per heavy atom. The van der Waals surface area contributed by atoms with Crippen molar-refractivity contribution in [3.8, 4) is 5.75 Å². The lowest BCUT2D eigenvalue weighted by molar-refractivity contribution is 0.374. The van der Waals surface area contributed by atoms with Crippen LogP contribution >= 0.6 is 23.2 Å². The van der Waals surface area contributed by atoms with Gasteiger partial charge in [-0.3, -0.25) is 0 Å². The maximum Gasteiger partial charge on any atom is 0.246 e. The minimum absolute atomic E-state index is 0.0416. The van der Waals surface area contributed by atoms with E-state index in [-0.39, 0.29) is 20.7 Å². The molecule has 0 bridgehead atoms. The van der Waals surface area contributed by atoms with Crippen LogP contribution in [0, 0.1) is 13.8 Å². The van der Waals surface area contributed by atoms with E-state index >= 15 is 0 Å². The van der Waals surface area contributed by atoms with Crippen molar-refractivity contribution < 1.29 is 13.2 Å². The van der Waals surface area contributed by atoms with E-state index in [1.165, 1.54) is 40.4 Å². The monoisotopic (exact) mass is 428 g/mol. The molecule has 27 heavy (non-hydrogen) atoms. The number of piperazine rings is 1. The summed E-state index contributed by atoms with van der Waals surface area (Å²) in [4.78, 5) is 2.28. The first kappa shape index (κ1) is 20.3. The van der Waals surface area contributed by atoms with Crippen molar-refractivity contribution in [2.75, 3.05) is 38.2 Å². The Balaban J connectivity index is 1.85.